The molecule has 0 radical (unpaired) electrons. The molecule has 1 amide bonds. The largest absolute Gasteiger partial charge is 0.442 e. The van der Waals surface area contributed by atoms with Crippen LogP contribution >= 0.6 is 11.6 Å². The first-order chi connectivity index (χ1) is 15.8. The Morgan fingerprint density at radius 1 is 1.00 bits per heavy atom. The van der Waals surface area contributed by atoms with E-state index in [-0.39, 0.29) is 11.3 Å². The van der Waals surface area contributed by atoms with Crippen LogP contribution in [0.25, 0.3) is 10.8 Å². The van der Waals surface area contributed by atoms with E-state index in [2.05, 4.69) is 10.4 Å². The standard InChI is InChI=1S/C25H20ClN3O4/c1-15-12-13-17(14-20(15)26)27-23(30)22(16-8-4-3-5-9-16)33-25(32)21-18-10-6-7-11-19(18)24(31)29(2)28-21/h3-14,22H,1-2H3,(H,27,30)/t22-/m0/s1. The highest BCUT2D eigenvalue weighted by Crippen LogP contribution is 2.25. The zero-order valence-electron chi connectivity index (χ0n) is 17.9. The normalized spacial score (nSPS) is 11.7. The van der Waals surface area contributed by atoms with Crippen molar-refractivity contribution in [2.75, 3.05) is 5.32 Å². The molecule has 4 aromatic rings. The van der Waals surface area contributed by atoms with Crippen LogP contribution in [0.1, 0.15) is 27.7 Å². The van der Waals surface area contributed by atoms with Crippen LogP contribution < -0.4 is 10.9 Å². The Morgan fingerprint density at radius 3 is 2.36 bits per heavy atom. The highest BCUT2D eigenvalue weighted by atomic mass is 35.5. The number of aromatic nitrogens is 2. The van der Waals surface area contributed by atoms with Crippen molar-refractivity contribution in [3.8, 4) is 0 Å². The lowest BCUT2D eigenvalue weighted by Crippen LogP contribution is -2.28. The molecule has 0 aliphatic heterocycles. The zero-order chi connectivity index (χ0) is 23.5. The van der Waals surface area contributed by atoms with Crippen LogP contribution in [0.4, 0.5) is 5.69 Å². The summed E-state index contributed by atoms with van der Waals surface area (Å²) >= 11 is 6.17. The Hall–Kier alpha value is -3.97. The van der Waals surface area contributed by atoms with E-state index >= 15 is 0 Å². The van der Waals surface area contributed by atoms with Gasteiger partial charge in [0.05, 0.1) is 5.39 Å². The molecule has 0 unspecified atom stereocenters. The summed E-state index contributed by atoms with van der Waals surface area (Å²) < 4.78 is 6.73. The SMILES string of the molecule is Cc1ccc(NC(=O)[C@@H](OC(=O)c2nn(C)c(=O)c3ccccc23)c2ccccc2)cc1Cl. The van der Waals surface area contributed by atoms with E-state index in [9.17, 15) is 14.4 Å². The van der Waals surface area contributed by atoms with E-state index in [1.165, 1.54) is 7.05 Å². The number of aryl methyl sites for hydroxylation is 2. The third-order valence-electron chi connectivity index (χ3n) is 5.15. The minimum absolute atomic E-state index is 0.0557. The van der Waals surface area contributed by atoms with E-state index in [0.29, 0.717) is 27.0 Å². The molecule has 0 aliphatic carbocycles. The summed E-state index contributed by atoms with van der Waals surface area (Å²) in [6, 6.07) is 20.4. The van der Waals surface area contributed by atoms with Gasteiger partial charge in [-0.3, -0.25) is 9.59 Å². The number of hydrogen-bond donors (Lipinski definition) is 1. The Bertz CT molecular complexity index is 1420. The molecule has 0 fully saturated rings. The first-order valence-corrected chi connectivity index (χ1v) is 10.5. The van der Waals surface area contributed by atoms with Crippen LogP contribution in [0.2, 0.25) is 5.02 Å². The van der Waals surface area contributed by atoms with Crippen molar-refractivity contribution in [2.24, 2.45) is 7.05 Å². The van der Waals surface area contributed by atoms with Gasteiger partial charge in [-0.25, -0.2) is 9.48 Å². The summed E-state index contributed by atoms with van der Waals surface area (Å²) in [5.74, 6) is -1.38. The van der Waals surface area contributed by atoms with Crippen molar-refractivity contribution in [1.82, 2.24) is 9.78 Å². The summed E-state index contributed by atoms with van der Waals surface area (Å²) in [5.41, 5.74) is 1.43. The van der Waals surface area contributed by atoms with Crippen molar-refractivity contribution < 1.29 is 14.3 Å². The second-order valence-corrected chi connectivity index (χ2v) is 7.88. The van der Waals surface area contributed by atoms with Crippen LogP contribution in [-0.2, 0) is 16.6 Å². The molecule has 1 heterocycles. The van der Waals surface area contributed by atoms with Gasteiger partial charge in [0.15, 0.2) is 5.69 Å². The molecular formula is C25H20ClN3O4. The second kappa shape index (κ2) is 9.26. The van der Waals surface area contributed by atoms with E-state index in [1.54, 1.807) is 72.8 Å². The number of hydrogen-bond acceptors (Lipinski definition) is 5. The van der Waals surface area contributed by atoms with Gasteiger partial charge in [0.2, 0.25) is 6.10 Å². The van der Waals surface area contributed by atoms with Gasteiger partial charge < -0.3 is 10.1 Å². The quantitative estimate of drug-likeness (QED) is 0.444. The smallest absolute Gasteiger partial charge is 0.360 e. The molecule has 7 nitrogen and oxygen atoms in total. The monoisotopic (exact) mass is 461 g/mol. The van der Waals surface area contributed by atoms with Crippen LogP contribution in [0.15, 0.2) is 77.6 Å². The lowest BCUT2D eigenvalue weighted by atomic mass is 10.1. The molecular weight excluding hydrogens is 442 g/mol. The Labute approximate surface area is 194 Å². The molecule has 1 aromatic heterocycles. The topological polar surface area (TPSA) is 90.3 Å². The first-order valence-electron chi connectivity index (χ1n) is 10.1. The van der Waals surface area contributed by atoms with Crippen LogP contribution in [0.5, 0.6) is 0 Å². The number of carbonyl (C=O) groups excluding carboxylic acids is 2. The van der Waals surface area contributed by atoms with Gasteiger partial charge in [-0.1, -0.05) is 66.2 Å². The number of amides is 1. The molecule has 0 spiro atoms. The second-order valence-electron chi connectivity index (χ2n) is 7.47. The molecule has 1 N–H and O–H groups in total. The number of fused-ring (bicyclic) bond motifs is 1. The van der Waals surface area contributed by atoms with Crippen molar-refractivity contribution in [3.63, 3.8) is 0 Å². The fraction of sp³-hybridized carbons (Fsp3) is 0.120. The van der Waals surface area contributed by atoms with Crippen LogP contribution in [0.3, 0.4) is 0 Å². The van der Waals surface area contributed by atoms with E-state index in [1.807, 2.05) is 6.92 Å². The Balaban J connectivity index is 1.69. The predicted molar refractivity (Wildman–Crippen MR) is 126 cm³/mol. The summed E-state index contributed by atoms with van der Waals surface area (Å²) in [7, 11) is 1.45. The van der Waals surface area contributed by atoms with Crippen molar-refractivity contribution >= 4 is 39.9 Å². The van der Waals surface area contributed by atoms with Gasteiger partial charge in [0.25, 0.3) is 11.5 Å². The van der Waals surface area contributed by atoms with Gasteiger partial charge in [-0.05, 0) is 30.7 Å². The Kier molecular flexibility index (Phi) is 6.24. The minimum Gasteiger partial charge on any atom is -0.442 e. The lowest BCUT2D eigenvalue weighted by Gasteiger charge is -2.19. The molecule has 8 heteroatoms. The summed E-state index contributed by atoms with van der Waals surface area (Å²) in [5, 5.41) is 8.02. The number of carbonyl (C=O) groups is 2. The van der Waals surface area contributed by atoms with Gasteiger partial charge in [-0.15, -0.1) is 0 Å². The molecule has 0 bridgehead atoms. The third kappa shape index (κ3) is 4.63. The van der Waals surface area contributed by atoms with Crippen molar-refractivity contribution in [1.29, 1.82) is 0 Å². The van der Waals surface area contributed by atoms with Crippen LogP contribution in [0, 0.1) is 6.92 Å². The summed E-state index contributed by atoms with van der Waals surface area (Å²) in [6.07, 6.45) is -1.25. The van der Waals surface area contributed by atoms with Gasteiger partial charge in [0, 0.05) is 28.7 Å². The average Bonchev–Trinajstić information content (AvgIpc) is 2.82. The lowest BCUT2D eigenvalue weighted by molar-refractivity contribution is -0.125. The van der Waals surface area contributed by atoms with Crippen molar-refractivity contribution in [2.45, 2.75) is 13.0 Å². The fourth-order valence-corrected chi connectivity index (χ4v) is 3.57. The predicted octanol–water partition coefficient (Wildman–Crippen LogP) is 4.43. The van der Waals surface area contributed by atoms with Crippen LogP contribution in [-0.4, -0.2) is 21.7 Å². The molecule has 0 aliphatic rings. The number of nitrogens with zero attached hydrogens (tertiary/aromatic N) is 2. The van der Waals surface area contributed by atoms with Crippen molar-refractivity contribution in [3.05, 3.63) is 105 Å². The Morgan fingerprint density at radius 2 is 1.67 bits per heavy atom. The molecule has 4 rings (SSSR count). The molecule has 0 saturated carbocycles. The van der Waals surface area contributed by atoms with Gasteiger partial charge in [-0.2, -0.15) is 5.10 Å². The molecule has 33 heavy (non-hydrogen) atoms. The fourth-order valence-electron chi connectivity index (χ4n) is 3.39. The summed E-state index contributed by atoms with van der Waals surface area (Å²) in [4.78, 5) is 38.7. The summed E-state index contributed by atoms with van der Waals surface area (Å²) in [6.45, 7) is 1.85. The maximum Gasteiger partial charge on any atom is 0.360 e. The van der Waals surface area contributed by atoms with E-state index < -0.39 is 18.0 Å². The molecule has 3 aromatic carbocycles. The molecule has 1 atom stereocenters. The molecule has 0 saturated heterocycles. The number of halogens is 1. The first kappa shape index (κ1) is 22.2. The average molecular weight is 462 g/mol. The van der Waals surface area contributed by atoms with Gasteiger partial charge in [0.1, 0.15) is 0 Å². The number of ether oxygens (including phenoxy) is 1. The maximum atomic E-state index is 13.2. The number of nitrogens with one attached hydrogen (secondary N) is 1. The van der Waals surface area contributed by atoms with E-state index in [4.69, 9.17) is 16.3 Å². The number of rotatable bonds is 5. The number of anilines is 1. The van der Waals surface area contributed by atoms with E-state index in [0.717, 1.165) is 10.2 Å². The molecule has 166 valence electrons. The number of esters is 1. The third-order valence-corrected chi connectivity index (χ3v) is 5.56. The number of benzene rings is 3. The minimum atomic E-state index is -1.25. The highest BCUT2D eigenvalue weighted by molar-refractivity contribution is 6.31. The maximum absolute atomic E-state index is 13.2. The zero-order valence-corrected chi connectivity index (χ0v) is 18.7. The highest BCUT2D eigenvalue weighted by Gasteiger charge is 2.28. The van der Waals surface area contributed by atoms with Gasteiger partial charge >= 0.3 is 5.97 Å².